The zero-order chi connectivity index (χ0) is 16.0. The second-order valence-electron chi connectivity index (χ2n) is 6.58. The molecule has 2 fully saturated rings. The predicted octanol–water partition coefficient (Wildman–Crippen LogP) is 3.12. The molecule has 1 aliphatic carbocycles. The number of likely N-dealkylation sites (tertiary alicyclic amines) is 1. The maximum absolute atomic E-state index is 13.0. The molecule has 1 saturated heterocycles. The lowest BCUT2D eigenvalue weighted by molar-refractivity contribution is 0.0778. The van der Waals surface area contributed by atoms with Gasteiger partial charge in [0.25, 0.3) is 5.91 Å². The number of nitriles is 1. The Morgan fingerprint density at radius 3 is 2.52 bits per heavy atom. The van der Waals surface area contributed by atoms with Crippen LogP contribution in [0.15, 0.2) is 28.9 Å². The van der Waals surface area contributed by atoms with Crippen LogP contribution in [0.3, 0.4) is 0 Å². The molecule has 2 atom stereocenters. The van der Waals surface area contributed by atoms with E-state index in [9.17, 15) is 10.1 Å². The minimum absolute atomic E-state index is 0.0596. The molecule has 23 heavy (non-hydrogen) atoms. The molecule has 0 radical (unpaired) electrons. The number of furan rings is 1. The molecule has 1 amide bonds. The number of amides is 1. The summed E-state index contributed by atoms with van der Waals surface area (Å²) in [5, 5.41) is 9.57. The Balaban J connectivity index is 1.69. The third-order valence-electron chi connectivity index (χ3n) is 5.24. The third-order valence-corrected chi connectivity index (χ3v) is 5.24. The van der Waals surface area contributed by atoms with E-state index < -0.39 is 0 Å². The second kappa shape index (κ2) is 5.31. The molecular weight excluding hydrogens is 290 g/mol. The first-order valence-electron chi connectivity index (χ1n) is 8.15. The molecule has 0 aromatic carbocycles. The van der Waals surface area contributed by atoms with Crippen molar-refractivity contribution in [3.63, 3.8) is 0 Å². The van der Waals surface area contributed by atoms with Crippen LogP contribution in [0, 0.1) is 30.1 Å². The first-order valence-corrected chi connectivity index (χ1v) is 8.15. The predicted molar refractivity (Wildman–Crippen MR) is 84.2 cm³/mol. The minimum atomic E-state index is -0.0596. The quantitative estimate of drug-likeness (QED) is 0.856. The number of aromatic nitrogens is 1. The molecule has 2 aromatic rings. The summed E-state index contributed by atoms with van der Waals surface area (Å²) in [5.41, 5.74) is 0.761. The molecule has 4 rings (SSSR count). The maximum atomic E-state index is 13.0. The number of carbonyl (C=O) groups is 1. The van der Waals surface area contributed by atoms with E-state index >= 15 is 0 Å². The Kier molecular flexibility index (Phi) is 3.26. The van der Waals surface area contributed by atoms with Crippen LogP contribution in [0.4, 0.5) is 0 Å². The highest BCUT2D eigenvalue weighted by Gasteiger charge is 2.40. The highest BCUT2D eigenvalue weighted by Crippen LogP contribution is 2.39. The van der Waals surface area contributed by atoms with Gasteiger partial charge in [0.1, 0.15) is 23.0 Å². The molecular formula is C18H19N3O2. The molecule has 0 spiro atoms. The zero-order valence-corrected chi connectivity index (χ0v) is 13.2. The van der Waals surface area contributed by atoms with Crippen LogP contribution in [0.5, 0.6) is 0 Å². The number of nitrogens with zero attached hydrogens (tertiary/aromatic N) is 3. The van der Waals surface area contributed by atoms with E-state index in [1.807, 2.05) is 29.4 Å². The van der Waals surface area contributed by atoms with Gasteiger partial charge in [-0.2, -0.15) is 5.26 Å². The van der Waals surface area contributed by atoms with Gasteiger partial charge < -0.3 is 9.32 Å². The van der Waals surface area contributed by atoms with Crippen LogP contribution < -0.4 is 0 Å². The second-order valence-corrected chi connectivity index (χ2v) is 6.58. The zero-order valence-electron chi connectivity index (χ0n) is 13.2. The van der Waals surface area contributed by atoms with Gasteiger partial charge in [-0.05, 0) is 43.7 Å². The molecule has 118 valence electrons. The standard InChI is InChI=1S/C18H19N3O2/c1-12-16(15(9-19)18(23-12)20-7-2-3-8-20)17(22)21-10-13-5-4-6-14(13)11-21/h2-3,7-8,13-14H,4-6,10-11H2,1H3/t13-,14+. The molecule has 0 N–H and O–H groups in total. The monoisotopic (exact) mass is 309 g/mol. The van der Waals surface area contributed by atoms with Crippen LogP contribution in [0.1, 0.15) is 40.9 Å². The van der Waals surface area contributed by atoms with Crippen molar-refractivity contribution in [1.29, 1.82) is 5.26 Å². The van der Waals surface area contributed by atoms with Gasteiger partial charge in [0.05, 0.1) is 0 Å². The van der Waals surface area contributed by atoms with E-state index in [-0.39, 0.29) is 5.91 Å². The SMILES string of the molecule is Cc1oc(-n2cccc2)c(C#N)c1C(=O)N1C[C@H]2CCC[C@H]2C1. The van der Waals surface area contributed by atoms with E-state index in [1.54, 1.807) is 11.5 Å². The highest BCUT2D eigenvalue weighted by molar-refractivity contribution is 5.98. The molecule has 3 heterocycles. The van der Waals surface area contributed by atoms with Crippen molar-refractivity contribution < 1.29 is 9.21 Å². The summed E-state index contributed by atoms with van der Waals surface area (Å²) in [7, 11) is 0. The van der Waals surface area contributed by atoms with Crippen LogP contribution in [0.2, 0.25) is 0 Å². The number of hydrogen-bond donors (Lipinski definition) is 0. The fourth-order valence-electron chi connectivity index (χ4n) is 4.10. The summed E-state index contributed by atoms with van der Waals surface area (Å²) in [5.74, 6) is 2.17. The Hall–Kier alpha value is -2.48. The molecule has 1 aliphatic heterocycles. The molecule has 5 nitrogen and oxygen atoms in total. The fraction of sp³-hybridized carbons (Fsp3) is 0.444. The van der Waals surface area contributed by atoms with Crippen molar-refractivity contribution in [2.24, 2.45) is 11.8 Å². The van der Waals surface area contributed by atoms with E-state index in [1.165, 1.54) is 19.3 Å². The summed E-state index contributed by atoms with van der Waals surface area (Å²) in [4.78, 5) is 14.9. The third kappa shape index (κ3) is 2.17. The lowest BCUT2D eigenvalue weighted by atomic mass is 10.0. The first kappa shape index (κ1) is 14.1. The summed E-state index contributed by atoms with van der Waals surface area (Å²) < 4.78 is 7.49. The molecule has 2 aromatic heterocycles. The van der Waals surface area contributed by atoms with E-state index in [4.69, 9.17) is 4.42 Å². The highest BCUT2D eigenvalue weighted by atomic mass is 16.4. The molecule has 0 bridgehead atoms. The average Bonchev–Trinajstić information content (AvgIpc) is 3.28. The molecule has 2 aliphatic rings. The van der Waals surface area contributed by atoms with Crippen LogP contribution in [0.25, 0.3) is 5.88 Å². The summed E-state index contributed by atoms with van der Waals surface area (Å²) >= 11 is 0. The van der Waals surface area contributed by atoms with Crippen LogP contribution in [-0.4, -0.2) is 28.5 Å². The minimum Gasteiger partial charge on any atom is -0.443 e. The van der Waals surface area contributed by atoms with Crippen LogP contribution in [-0.2, 0) is 0 Å². The van der Waals surface area contributed by atoms with Gasteiger partial charge >= 0.3 is 0 Å². The number of fused-ring (bicyclic) bond motifs is 1. The number of aryl methyl sites for hydroxylation is 1. The largest absolute Gasteiger partial charge is 0.443 e. The van der Waals surface area contributed by atoms with E-state index in [0.29, 0.717) is 34.6 Å². The Morgan fingerprint density at radius 1 is 1.26 bits per heavy atom. The average molecular weight is 309 g/mol. The van der Waals surface area contributed by atoms with Gasteiger partial charge in [-0.1, -0.05) is 6.42 Å². The van der Waals surface area contributed by atoms with Gasteiger partial charge in [0.2, 0.25) is 5.88 Å². The Bertz CT molecular complexity index is 770. The van der Waals surface area contributed by atoms with Gasteiger partial charge in [-0.25, -0.2) is 0 Å². The first-order chi connectivity index (χ1) is 11.2. The van der Waals surface area contributed by atoms with Gasteiger partial charge in [0.15, 0.2) is 0 Å². The van der Waals surface area contributed by atoms with Crippen molar-refractivity contribution in [2.75, 3.05) is 13.1 Å². The van der Waals surface area contributed by atoms with Crippen molar-refractivity contribution in [2.45, 2.75) is 26.2 Å². The lowest BCUT2D eigenvalue weighted by Crippen LogP contribution is -2.30. The van der Waals surface area contributed by atoms with Crippen molar-refractivity contribution in [3.8, 4) is 12.0 Å². The van der Waals surface area contributed by atoms with Gasteiger partial charge in [0, 0.05) is 25.5 Å². The van der Waals surface area contributed by atoms with Crippen molar-refractivity contribution in [1.82, 2.24) is 9.47 Å². The van der Waals surface area contributed by atoms with E-state index in [2.05, 4.69) is 6.07 Å². The smallest absolute Gasteiger partial charge is 0.258 e. The number of rotatable bonds is 2. The molecule has 0 unspecified atom stereocenters. The van der Waals surface area contributed by atoms with Gasteiger partial charge in [-0.3, -0.25) is 9.36 Å². The summed E-state index contributed by atoms with van der Waals surface area (Å²) in [6.07, 6.45) is 7.35. The Morgan fingerprint density at radius 2 is 1.91 bits per heavy atom. The van der Waals surface area contributed by atoms with E-state index in [0.717, 1.165) is 13.1 Å². The Labute approximate surface area is 135 Å². The van der Waals surface area contributed by atoms with Crippen molar-refractivity contribution >= 4 is 5.91 Å². The maximum Gasteiger partial charge on any atom is 0.258 e. The summed E-state index contributed by atoms with van der Waals surface area (Å²) in [6, 6.07) is 5.89. The molecule has 5 heteroatoms. The lowest BCUT2D eigenvalue weighted by Gasteiger charge is -2.17. The topological polar surface area (TPSA) is 62.2 Å². The van der Waals surface area contributed by atoms with Gasteiger partial charge in [-0.15, -0.1) is 0 Å². The number of hydrogen-bond acceptors (Lipinski definition) is 3. The van der Waals surface area contributed by atoms with Crippen molar-refractivity contribution in [3.05, 3.63) is 41.4 Å². The number of carbonyl (C=O) groups excluding carboxylic acids is 1. The normalized spacial score (nSPS) is 23.0. The molecule has 1 saturated carbocycles. The summed E-state index contributed by atoms with van der Waals surface area (Å²) in [6.45, 7) is 3.40. The van der Waals surface area contributed by atoms with Crippen LogP contribution >= 0.6 is 0 Å². The fourth-order valence-corrected chi connectivity index (χ4v) is 4.10.